The summed E-state index contributed by atoms with van der Waals surface area (Å²) in [7, 11) is 1.59. The first-order chi connectivity index (χ1) is 20.0. The molecule has 0 spiro atoms. The van der Waals surface area contributed by atoms with E-state index in [1.807, 2.05) is 98.1 Å². The Balaban J connectivity index is 1.54. The molecule has 41 heavy (non-hydrogen) atoms. The number of anilines is 1. The Morgan fingerprint density at radius 3 is 2.66 bits per heavy atom. The Labute approximate surface area is 240 Å². The maximum atomic E-state index is 14.1. The van der Waals surface area contributed by atoms with Crippen LogP contribution in [0.5, 0.6) is 5.75 Å². The fraction of sp³-hybridized carbons (Fsp3) is 0.121. The number of carbonyl (C=O) groups excluding carboxylic acids is 1. The van der Waals surface area contributed by atoms with Gasteiger partial charge in [-0.3, -0.25) is 14.2 Å². The molecular weight excluding hydrogens is 532 g/mol. The summed E-state index contributed by atoms with van der Waals surface area (Å²) in [6, 6.07) is 24.1. The fourth-order valence-electron chi connectivity index (χ4n) is 5.28. The zero-order chi connectivity index (χ0) is 28.5. The number of aromatic nitrogens is 2. The van der Waals surface area contributed by atoms with E-state index in [0.29, 0.717) is 38.6 Å². The van der Waals surface area contributed by atoms with E-state index in [1.54, 1.807) is 11.7 Å². The predicted molar refractivity (Wildman–Crippen MR) is 164 cm³/mol. The molecule has 0 fully saturated rings. The molecule has 204 valence electrons. The summed E-state index contributed by atoms with van der Waals surface area (Å²) in [6.45, 7) is 6.35. The Bertz CT molecular complexity index is 2010. The Morgan fingerprint density at radius 2 is 1.88 bits per heavy atom. The molecule has 0 saturated heterocycles. The molecular formula is C33H28N4O3S. The molecule has 1 aliphatic heterocycles. The van der Waals surface area contributed by atoms with Crippen LogP contribution in [0.1, 0.15) is 24.1 Å². The van der Waals surface area contributed by atoms with Crippen molar-refractivity contribution in [2.24, 2.45) is 4.99 Å². The van der Waals surface area contributed by atoms with Crippen LogP contribution in [0, 0.1) is 0 Å². The number of nitrogens with one attached hydrogen (secondary N) is 1. The number of rotatable bonds is 7. The van der Waals surface area contributed by atoms with Crippen molar-refractivity contribution in [1.29, 1.82) is 0 Å². The van der Waals surface area contributed by atoms with Crippen molar-refractivity contribution in [2.75, 3.05) is 12.4 Å². The fourth-order valence-corrected chi connectivity index (χ4v) is 6.32. The molecule has 0 aliphatic carbocycles. The first-order valence-corrected chi connectivity index (χ1v) is 14.0. The Kier molecular flexibility index (Phi) is 6.99. The van der Waals surface area contributed by atoms with Crippen molar-refractivity contribution in [1.82, 2.24) is 9.13 Å². The van der Waals surface area contributed by atoms with E-state index in [2.05, 4.69) is 22.5 Å². The van der Waals surface area contributed by atoms with Crippen LogP contribution in [0.2, 0.25) is 0 Å². The van der Waals surface area contributed by atoms with E-state index in [9.17, 15) is 9.59 Å². The van der Waals surface area contributed by atoms with E-state index in [0.717, 1.165) is 22.0 Å². The number of allylic oxidation sites excluding steroid dienone is 2. The van der Waals surface area contributed by atoms with Gasteiger partial charge < -0.3 is 14.6 Å². The molecule has 3 heterocycles. The maximum Gasteiger partial charge on any atom is 0.271 e. The first-order valence-electron chi connectivity index (χ1n) is 13.2. The normalized spacial score (nSPS) is 15.0. The van der Waals surface area contributed by atoms with Gasteiger partial charge in [-0.25, -0.2) is 4.99 Å². The molecule has 3 aromatic carbocycles. The number of ether oxygens (including phenoxy) is 1. The molecule has 0 bridgehead atoms. The second-order valence-electron chi connectivity index (χ2n) is 9.72. The molecule has 1 atom stereocenters. The Hall–Kier alpha value is -4.95. The zero-order valence-corrected chi connectivity index (χ0v) is 23.5. The third-order valence-electron chi connectivity index (χ3n) is 7.14. The zero-order valence-electron chi connectivity index (χ0n) is 22.7. The number of carbonyl (C=O) groups is 1. The van der Waals surface area contributed by atoms with Gasteiger partial charge in [-0.15, -0.1) is 6.58 Å². The molecule has 1 amide bonds. The van der Waals surface area contributed by atoms with Gasteiger partial charge in [0.1, 0.15) is 5.75 Å². The minimum absolute atomic E-state index is 0.209. The lowest BCUT2D eigenvalue weighted by Crippen LogP contribution is -2.40. The quantitative estimate of drug-likeness (QED) is 0.284. The highest BCUT2D eigenvalue weighted by molar-refractivity contribution is 7.07. The van der Waals surface area contributed by atoms with E-state index in [-0.39, 0.29) is 11.5 Å². The number of hydrogen-bond acceptors (Lipinski definition) is 5. The second kappa shape index (κ2) is 10.9. The predicted octanol–water partition coefficient (Wildman–Crippen LogP) is 5.02. The number of benzene rings is 3. The van der Waals surface area contributed by atoms with Gasteiger partial charge in [0.25, 0.3) is 11.5 Å². The van der Waals surface area contributed by atoms with Crippen LogP contribution in [0.3, 0.4) is 0 Å². The summed E-state index contributed by atoms with van der Waals surface area (Å²) in [4.78, 5) is 33.2. The van der Waals surface area contributed by atoms with Gasteiger partial charge in [-0.2, -0.15) is 0 Å². The van der Waals surface area contributed by atoms with E-state index < -0.39 is 6.04 Å². The number of para-hydroxylation sites is 2. The average Bonchev–Trinajstić information content (AvgIpc) is 3.49. The van der Waals surface area contributed by atoms with Crippen LogP contribution in [0.25, 0.3) is 17.0 Å². The van der Waals surface area contributed by atoms with E-state index in [1.165, 1.54) is 11.3 Å². The molecule has 0 radical (unpaired) electrons. The molecule has 6 rings (SSSR count). The number of nitrogens with zero attached hydrogens (tertiary/aromatic N) is 3. The van der Waals surface area contributed by atoms with Crippen LogP contribution >= 0.6 is 11.3 Å². The molecule has 8 heteroatoms. The highest BCUT2D eigenvalue weighted by Crippen LogP contribution is 2.32. The van der Waals surface area contributed by atoms with E-state index in [4.69, 9.17) is 9.73 Å². The summed E-state index contributed by atoms with van der Waals surface area (Å²) in [5.41, 5.74) is 4.17. The standard InChI is InChI=1S/C33H28N4O3S/c1-4-17-36-20-23(26-15-8-9-16-27(26)36)19-28-32(39)37-30(22-11-10-14-25(18-22)40-3)29(21(2)34-33(37)41-28)31(38)35-24-12-6-5-7-13-24/h4-16,18-20,30H,1,17H2,2-3H3,(H,35,38). The molecule has 1 N–H and O–H groups in total. The third kappa shape index (κ3) is 4.83. The van der Waals surface area contributed by atoms with Gasteiger partial charge >= 0.3 is 0 Å². The Morgan fingerprint density at radius 1 is 1.10 bits per heavy atom. The van der Waals surface area contributed by atoms with Gasteiger partial charge in [0, 0.05) is 34.9 Å². The van der Waals surface area contributed by atoms with Crippen LogP contribution in [0.15, 0.2) is 119 Å². The highest BCUT2D eigenvalue weighted by Gasteiger charge is 2.32. The molecule has 0 saturated carbocycles. The highest BCUT2D eigenvalue weighted by atomic mass is 32.1. The number of amides is 1. The molecule has 1 aliphatic rings. The van der Waals surface area contributed by atoms with Crippen molar-refractivity contribution in [3.05, 3.63) is 140 Å². The summed E-state index contributed by atoms with van der Waals surface area (Å²) < 4.78 is 9.76. The van der Waals surface area contributed by atoms with Crippen LogP contribution in [0.4, 0.5) is 5.69 Å². The third-order valence-corrected chi connectivity index (χ3v) is 8.12. The minimum atomic E-state index is -0.686. The van der Waals surface area contributed by atoms with Crippen LogP contribution < -0.4 is 24.9 Å². The van der Waals surface area contributed by atoms with Crippen LogP contribution in [-0.4, -0.2) is 22.2 Å². The average molecular weight is 561 g/mol. The summed E-state index contributed by atoms with van der Waals surface area (Å²) >= 11 is 1.32. The molecule has 5 aromatic rings. The second-order valence-corrected chi connectivity index (χ2v) is 10.7. The van der Waals surface area contributed by atoms with Gasteiger partial charge in [-0.1, -0.05) is 65.9 Å². The minimum Gasteiger partial charge on any atom is -0.497 e. The maximum absolute atomic E-state index is 14.1. The van der Waals surface area contributed by atoms with Crippen molar-refractivity contribution in [3.63, 3.8) is 0 Å². The van der Waals surface area contributed by atoms with Crippen molar-refractivity contribution >= 4 is 39.9 Å². The number of fused-ring (bicyclic) bond motifs is 2. The number of thiazole rings is 1. The van der Waals surface area contributed by atoms with Crippen LogP contribution in [-0.2, 0) is 11.3 Å². The van der Waals surface area contributed by atoms with Gasteiger partial charge in [0.2, 0.25) is 0 Å². The van der Waals surface area contributed by atoms with Crippen molar-refractivity contribution in [3.8, 4) is 5.75 Å². The smallest absolute Gasteiger partial charge is 0.271 e. The van der Waals surface area contributed by atoms with Crippen molar-refractivity contribution < 1.29 is 9.53 Å². The largest absolute Gasteiger partial charge is 0.497 e. The van der Waals surface area contributed by atoms with E-state index >= 15 is 0 Å². The lowest BCUT2D eigenvalue weighted by Gasteiger charge is -2.25. The SMILES string of the molecule is C=CCn1cc(C=c2sc3n(c2=O)C(c2cccc(OC)c2)C(C(=O)Nc2ccccc2)=C(C)N=3)c2ccccc21. The number of hydrogen-bond donors (Lipinski definition) is 1. The lowest BCUT2D eigenvalue weighted by atomic mass is 9.95. The van der Waals surface area contributed by atoms with Crippen molar-refractivity contribution in [2.45, 2.75) is 19.5 Å². The molecule has 2 aromatic heterocycles. The summed E-state index contributed by atoms with van der Waals surface area (Å²) in [5.74, 6) is 0.323. The molecule has 1 unspecified atom stereocenters. The monoisotopic (exact) mass is 560 g/mol. The topological polar surface area (TPSA) is 77.6 Å². The summed E-state index contributed by atoms with van der Waals surface area (Å²) in [5, 5.41) is 4.03. The number of methoxy groups -OCH3 is 1. The molecule has 7 nitrogen and oxygen atoms in total. The lowest BCUT2D eigenvalue weighted by molar-refractivity contribution is -0.113. The van der Waals surface area contributed by atoms with Gasteiger partial charge in [0.05, 0.1) is 29.0 Å². The first kappa shape index (κ1) is 26.3. The summed E-state index contributed by atoms with van der Waals surface area (Å²) in [6.07, 6.45) is 5.80. The van der Waals surface area contributed by atoms with Gasteiger partial charge in [0.15, 0.2) is 4.80 Å². The van der Waals surface area contributed by atoms with Gasteiger partial charge in [-0.05, 0) is 48.9 Å².